The number of rotatable bonds is 5. The van der Waals surface area contributed by atoms with Crippen molar-refractivity contribution in [3.05, 3.63) is 57.6 Å². The highest BCUT2D eigenvalue weighted by Gasteiger charge is 2.26. The number of nitrogens with one attached hydrogen (secondary N) is 1. The molecule has 0 aromatic heterocycles. The first-order valence-corrected chi connectivity index (χ1v) is 7.81. The Morgan fingerprint density at radius 2 is 1.91 bits per heavy atom. The van der Waals surface area contributed by atoms with E-state index in [-0.39, 0.29) is 10.7 Å². The van der Waals surface area contributed by atoms with Gasteiger partial charge >= 0.3 is 0 Å². The lowest BCUT2D eigenvalue weighted by Gasteiger charge is -2.11. The van der Waals surface area contributed by atoms with Gasteiger partial charge in [-0.1, -0.05) is 23.7 Å². The fraction of sp³-hybridized carbons (Fsp3) is 0.0769. The Morgan fingerprint density at radius 3 is 2.55 bits per heavy atom. The Bertz CT molecular complexity index is 823. The molecule has 116 valence electrons. The minimum atomic E-state index is -4.17. The molecule has 0 unspecified atom stereocenters. The molecule has 0 radical (unpaired) electrons. The van der Waals surface area contributed by atoms with Crippen LogP contribution in [-0.2, 0) is 10.0 Å². The number of sulfonamides is 1. The summed E-state index contributed by atoms with van der Waals surface area (Å²) in [4.78, 5) is 9.74. The van der Waals surface area contributed by atoms with Gasteiger partial charge in [0.1, 0.15) is 5.75 Å². The molecular weight excluding hydrogens is 332 g/mol. The molecule has 7 nitrogen and oxygen atoms in total. The van der Waals surface area contributed by atoms with E-state index in [2.05, 4.69) is 4.72 Å². The summed E-state index contributed by atoms with van der Waals surface area (Å²) in [6, 6.07) is 9.66. The highest BCUT2D eigenvalue weighted by molar-refractivity contribution is 7.92. The fourth-order valence-electron chi connectivity index (χ4n) is 1.79. The second-order valence-corrected chi connectivity index (χ2v) is 6.26. The average molecular weight is 343 g/mol. The Hall–Kier alpha value is -2.32. The van der Waals surface area contributed by atoms with E-state index in [9.17, 15) is 18.5 Å². The molecule has 0 heterocycles. The number of anilines is 1. The Labute approximate surface area is 131 Å². The molecule has 22 heavy (non-hydrogen) atoms. The molecule has 0 fully saturated rings. The number of para-hydroxylation sites is 2. The lowest BCUT2D eigenvalue weighted by atomic mass is 10.3. The Morgan fingerprint density at radius 1 is 1.23 bits per heavy atom. The second-order valence-electron chi connectivity index (χ2n) is 4.17. The summed E-state index contributed by atoms with van der Waals surface area (Å²) in [5.41, 5.74) is -0.427. The van der Waals surface area contributed by atoms with Crippen LogP contribution in [0.15, 0.2) is 47.4 Å². The van der Waals surface area contributed by atoms with Gasteiger partial charge in [0, 0.05) is 11.1 Å². The van der Waals surface area contributed by atoms with Crippen molar-refractivity contribution in [3.8, 4) is 5.75 Å². The van der Waals surface area contributed by atoms with Gasteiger partial charge in [-0.2, -0.15) is 0 Å². The van der Waals surface area contributed by atoms with Gasteiger partial charge in [0.25, 0.3) is 15.7 Å². The number of hydrogen-bond donors (Lipinski definition) is 1. The molecule has 1 N–H and O–H groups in total. The van der Waals surface area contributed by atoms with Gasteiger partial charge in [0.2, 0.25) is 0 Å². The third-order valence-corrected chi connectivity index (χ3v) is 4.41. The van der Waals surface area contributed by atoms with Crippen LogP contribution in [0.5, 0.6) is 5.75 Å². The maximum atomic E-state index is 12.4. The third kappa shape index (κ3) is 3.29. The molecule has 0 spiro atoms. The lowest BCUT2D eigenvalue weighted by molar-refractivity contribution is -0.387. The molecule has 0 saturated carbocycles. The number of hydrogen-bond acceptors (Lipinski definition) is 5. The predicted octanol–water partition coefficient (Wildman–Crippen LogP) is 3.06. The summed E-state index contributed by atoms with van der Waals surface area (Å²) >= 11 is 5.68. The van der Waals surface area contributed by atoms with Crippen LogP contribution in [0.3, 0.4) is 0 Å². The summed E-state index contributed by atoms with van der Waals surface area (Å²) in [5, 5.41) is 11.1. The van der Waals surface area contributed by atoms with E-state index >= 15 is 0 Å². The minimum Gasteiger partial charge on any atom is -0.495 e. The van der Waals surface area contributed by atoms with Crippen molar-refractivity contribution in [2.45, 2.75) is 4.90 Å². The zero-order valence-electron chi connectivity index (χ0n) is 11.3. The van der Waals surface area contributed by atoms with Gasteiger partial charge in [-0.05, 0) is 24.3 Å². The summed E-state index contributed by atoms with van der Waals surface area (Å²) in [6.45, 7) is 0. The van der Waals surface area contributed by atoms with Crippen molar-refractivity contribution in [2.24, 2.45) is 0 Å². The number of halogens is 1. The van der Waals surface area contributed by atoms with Crippen molar-refractivity contribution >= 4 is 33.0 Å². The number of methoxy groups -OCH3 is 1. The van der Waals surface area contributed by atoms with Crippen molar-refractivity contribution in [2.75, 3.05) is 11.8 Å². The van der Waals surface area contributed by atoms with E-state index in [4.69, 9.17) is 16.3 Å². The molecule has 0 saturated heterocycles. The van der Waals surface area contributed by atoms with Crippen LogP contribution >= 0.6 is 11.6 Å². The monoisotopic (exact) mass is 342 g/mol. The Balaban J connectivity index is 2.50. The highest BCUT2D eigenvalue weighted by atomic mass is 35.5. The first kappa shape index (κ1) is 16.1. The zero-order chi connectivity index (χ0) is 16.3. The van der Waals surface area contributed by atoms with Crippen molar-refractivity contribution in [1.82, 2.24) is 0 Å². The first-order valence-electron chi connectivity index (χ1n) is 5.95. The number of benzene rings is 2. The maximum absolute atomic E-state index is 12.4. The van der Waals surface area contributed by atoms with Crippen molar-refractivity contribution in [1.29, 1.82) is 0 Å². The summed E-state index contributed by atoms with van der Waals surface area (Å²) in [6.07, 6.45) is 0. The van der Waals surface area contributed by atoms with E-state index in [1.807, 2.05) is 0 Å². The molecule has 0 atom stereocenters. The normalized spacial score (nSPS) is 11.0. The van der Waals surface area contributed by atoms with E-state index in [1.165, 1.54) is 19.2 Å². The molecule has 0 amide bonds. The van der Waals surface area contributed by atoms with E-state index in [1.54, 1.807) is 18.2 Å². The van der Waals surface area contributed by atoms with Gasteiger partial charge in [-0.15, -0.1) is 0 Å². The quantitative estimate of drug-likeness (QED) is 0.665. The average Bonchev–Trinajstić information content (AvgIpc) is 2.47. The molecular formula is C13H11ClN2O5S. The van der Waals surface area contributed by atoms with Crippen molar-refractivity contribution in [3.63, 3.8) is 0 Å². The summed E-state index contributed by atoms with van der Waals surface area (Å²) < 4.78 is 32.1. The van der Waals surface area contributed by atoms with Gasteiger partial charge in [0.15, 0.2) is 4.90 Å². The van der Waals surface area contributed by atoms with E-state index in [0.29, 0.717) is 5.75 Å². The molecule has 0 bridgehead atoms. The number of nitro benzene ring substituents is 1. The van der Waals surface area contributed by atoms with Crippen molar-refractivity contribution < 1.29 is 18.1 Å². The molecule has 2 aromatic carbocycles. The second kappa shape index (κ2) is 6.20. The molecule has 0 aliphatic heterocycles. The largest absolute Gasteiger partial charge is 0.495 e. The summed E-state index contributed by atoms with van der Waals surface area (Å²) in [7, 11) is -2.78. The van der Waals surface area contributed by atoms with Gasteiger partial charge in [-0.3, -0.25) is 14.8 Å². The number of nitro groups is 1. The molecule has 2 rings (SSSR count). The number of nitrogens with zero attached hydrogens (tertiary/aromatic N) is 1. The maximum Gasteiger partial charge on any atom is 0.291 e. The van der Waals surface area contributed by atoms with Crippen LogP contribution in [-0.4, -0.2) is 20.5 Å². The Kier molecular flexibility index (Phi) is 4.53. The lowest BCUT2D eigenvalue weighted by Crippen LogP contribution is -2.15. The SMILES string of the molecule is COc1ccccc1NS(=O)(=O)c1ccc(Cl)cc1[N+](=O)[O-]. The smallest absolute Gasteiger partial charge is 0.291 e. The van der Waals surface area contributed by atoms with Crippen LogP contribution in [0.2, 0.25) is 5.02 Å². The first-order chi connectivity index (χ1) is 10.3. The predicted molar refractivity (Wildman–Crippen MR) is 81.9 cm³/mol. The molecule has 2 aromatic rings. The zero-order valence-corrected chi connectivity index (χ0v) is 12.9. The van der Waals surface area contributed by atoms with Gasteiger partial charge in [-0.25, -0.2) is 8.42 Å². The summed E-state index contributed by atoms with van der Waals surface area (Å²) in [5.74, 6) is 0.294. The van der Waals surface area contributed by atoms with Crippen LogP contribution in [0.4, 0.5) is 11.4 Å². The third-order valence-electron chi connectivity index (χ3n) is 2.76. The molecule has 0 aliphatic carbocycles. The fourth-order valence-corrected chi connectivity index (χ4v) is 3.18. The van der Waals surface area contributed by atoms with Crippen LogP contribution in [0, 0.1) is 10.1 Å². The van der Waals surface area contributed by atoms with Gasteiger partial charge in [0.05, 0.1) is 17.7 Å². The standard InChI is InChI=1S/C13H11ClN2O5S/c1-21-12-5-3-2-4-10(12)15-22(19,20)13-7-6-9(14)8-11(13)16(17)18/h2-8,15H,1H3. The van der Waals surface area contributed by atoms with E-state index in [0.717, 1.165) is 12.1 Å². The number of ether oxygens (including phenoxy) is 1. The van der Waals surface area contributed by atoms with Crippen LogP contribution < -0.4 is 9.46 Å². The molecule has 9 heteroatoms. The van der Waals surface area contributed by atoms with E-state index < -0.39 is 25.5 Å². The molecule has 0 aliphatic rings. The highest BCUT2D eigenvalue weighted by Crippen LogP contribution is 2.31. The minimum absolute atomic E-state index is 0.0722. The van der Waals surface area contributed by atoms with Crippen LogP contribution in [0.25, 0.3) is 0 Å². The van der Waals surface area contributed by atoms with Gasteiger partial charge < -0.3 is 4.74 Å². The topological polar surface area (TPSA) is 98.5 Å². The van der Waals surface area contributed by atoms with Crippen LogP contribution in [0.1, 0.15) is 0 Å².